The van der Waals surface area contributed by atoms with Gasteiger partial charge in [-0.05, 0) is 54.3 Å². The van der Waals surface area contributed by atoms with Gasteiger partial charge in [-0.2, -0.15) is 0 Å². The highest BCUT2D eigenvalue weighted by Crippen LogP contribution is 2.39. The highest BCUT2D eigenvalue weighted by atomic mass is 32.1. The van der Waals surface area contributed by atoms with E-state index in [1.54, 1.807) is 16.2 Å². The van der Waals surface area contributed by atoms with Gasteiger partial charge in [-0.25, -0.2) is 0 Å². The molecule has 4 rings (SSSR count). The second-order valence-corrected chi connectivity index (χ2v) is 9.24. The Bertz CT molecular complexity index is 922. The first-order valence-electron chi connectivity index (χ1n) is 10.9. The van der Waals surface area contributed by atoms with Gasteiger partial charge in [0.25, 0.3) is 0 Å². The number of aryl methyl sites for hydroxylation is 1. The van der Waals surface area contributed by atoms with E-state index in [2.05, 4.69) is 30.5 Å². The van der Waals surface area contributed by atoms with Crippen molar-refractivity contribution in [2.24, 2.45) is 0 Å². The Hall–Kier alpha value is -2.22. The Balaban J connectivity index is 1.58. The van der Waals surface area contributed by atoms with Crippen LogP contribution in [0.1, 0.15) is 40.5 Å². The molecule has 0 bridgehead atoms. The van der Waals surface area contributed by atoms with Crippen molar-refractivity contribution in [1.29, 1.82) is 0 Å². The number of rotatable bonds is 7. The summed E-state index contributed by atoms with van der Waals surface area (Å²) in [7, 11) is 1.50. The summed E-state index contributed by atoms with van der Waals surface area (Å²) >= 11 is 1.75. The smallest absolute Gasteiger partial charge is 0.249 e. The van der Waals surface area contributed by atoms with Gasteiger partial charge in [0.1, 0.15) is 6.61 Å². The van der Waals surface area contributed by atoms with Crippen molar-refractivity contribution in [3.05, 3.63) is 57.3 Å². The number of thiophene rings is 1. The van der Waals surface area contributed by atoms with E-state index < -0.39 is 0 Å². The van der Waals surface area contributed by atoms with Crippen molar-refractivity contribution in [3.63, 3.8) is 0 Å². The van der Waals surface area contributed by atoms with E-state index >= 15 is 0 Å². The summed E-state index contributed by atoms with van der Waals surface area (Å²) in [5.74, 6) is -0.209. The van der Waals surface area contributed by atoms with E-state index in [-0.39, 0.29) is 37.1 Å². The predicted molar refractivity (Wildman–Crippen MR) is 120 cm³/mol. The minimum absolute atomic E-state index is 0.00870. The lowest BCUT2D eigenvalue weighted by molar-refractivity contribution is -0.145. The molecule has 1 aromatic carbocycles. The van der Waals surface area contributed by atoms with E-state index in [4.69, 9.17) is 9.47 Å². The molecule has 166 valence electrons. The molecule has 0 saturated carbocycles. The van der Waals surface area contributed by atoms with Crippen LogP contribution in [0.2, 0.25) is 0 Å². The maximum Gasteiger partial charge on any atom is 0.249 e. The number of hydrogen-bond acceptors (Lipinski definition) is 5. The number of methoxy groups -OCH3 is 1. The van der Waals surface area contributed by atoms with Crippen molar-refractivity contribution in [3.8, 4) is 0 Å². The fraction of sp³-hybridized carbons (Fsp3) is 0.500. The molecule has 7 heteroatoms. The van der Waals surface area contributed by atoms with Crippen molar-refractivity contribution < 1.29 is 19.1 Å². The van der Waals surface area contributed by atoms with E-state index in [0.29, 0.717) is 19.7 Å². The Morgan fingerprint density at radius 3 is 2.84 bits per heavy atom. The SMILES string of the molecule is COCC(=O)N(CC(=O)N1CCc2sccc2C1c1ccccc1C)CC1CCCO1. The van der Waals surface area contributed by atoms with E-state index in [1.165, 1.54) is 17.6 Å². The van der Waals surface area contributed by atoms with Crippen LogP contribution in [0.25, 0.3) is 0 Å². The van der Waals surface area contributed by atoms with Gasteiger partial charge in [0, 0.05) is 31.7 Å². The number of ether oxygens (including phenoxy) is 2. The average Bonchev–Trinajstić information content (AvgIpc) is 3.45. The van der Waals surface area contributed by atoms with Crippen LogP contribution in [-0.2, 0) is 25.5 Å². The summed E-state index contributed by atoms with van der Waals surface area (Å²) in [6.45, 7) is 3.90. The molecule has 2 aliphatic rings. The van der Waals surface area contributed by atoms with Crippen LogP contribution >= 0.6 is 11.3 Å². The van der Waals surface area contributed by atoms with Gasteiger partial charge in [-0.3, -0.25) is 9.59 Å². The summed E-state index contributed by atoms with van der Waals surface area (Å²) in [5.41, 5.74) is 3.51. The fourth-order valence-electron chi connectivity index (χ4n) is 4.57. The van der Waals surface area contributed by atoms with Crippen molar-refractivity contribution >= 4 is 23.2 Å². The van der Waals surface area contributed by atoms with Gasteiger partial charge in [0.15, 0.2) is 0 Å². The number of carbonyl (C=O) groups is 2. The van der Waals surface area contributed by atoms with Crippen LogP contribution in [0.3, 0.4) is 0 Å². The lowest BCUT2D eigenvalue weighted by atomic mass is 9.90. The topological polar surface area (TPSA) is 59.1 Å². The second-order valence-electron chi connectivity index (χ2n) is 8.24. The first-order chi connectivity index (χ1) is 15.1. The van der Waals surface area contributed by atoms with Gasteiger partial charge in [0.2, 0.25) is 11.8 Å². The van der Waals surface area contributed by atoms with E-state index in [0.717, 1.165) is 30.4 Å². The molecule has 0 aliphatic carbocycles. The predicted octanol–water partition coefficient (Wildman–Crippen LogP) is 3.18. The molecule has 6 nitrogen and oxygen atoms in total. The summed E-state index contributed by atoms with van der Waals surface area (Å²) < 4.78 is 10.8. The highest BCUT2D eigenvalue weighted by molar-refractivity contribution is 7.10. The van der Waals surface area contributed by atoms with Crippen molar-refractivity contribution in [1.82, 2.24) is 9.80 Å². The zero-order valence-corrected chi connectivity index (χ0v) is 19.0. The second kappa shape index (κ2) is 9.94. The maximum absolute atomic E-state index is 13.6. The van der Waals surface area contributed by atoms with Gasteiger partial charge in [0.05, 0.1) is 18.7 Å². The lowest BCUT2D eigenvalue weighted by Crippen LogP contribution is -2.49. The van der Waals surface area contributed by atoms with Crippen LogP contribution in [-0.4, -0.2) is 67.7 Å². The lowest BCUT2D eigenvalue weighted by Gasteiger charge is -2.38. The number of nitrogens with zero attached hydrogens (tertiary/aromatic N) is 2. The highest BCUT2D eigenvalue weighted by Gasteiger charge is 2.35. The van der Waals surface area contributed by atoms with Gasteiger partial charge < -0.3 is 19.3 Å². The minimum Gasteiger partial charge on any atom is -0.376 e. The molecule has 1 aromatic heterocycles. The molecule has 3 heterocycles. The zero-order valence-electron chi connectivity index (χ0n) is 18.2. The summed E-state index contributed by atoms with van der Waals surface area (Å²) in [4.78, 5) is 31.2. The van der Waals surface area contributed by atoms with E-state index in [1.807, 2.05) is 17.0 Å². The molecule has 0 spiro atoms. The summed E-state index contributed by atoms with van der Waals surface area (Å²) in [5, 5.41) is 2.11. The largest absolute Gasteiger partial charge is 0.376 e. The van der Waals surface area contributed by atoms with Crippen LogP contribution in [0.4, 0.5) is 0 Å². The number of carbonyl (C=O) groups excluding carboxylic acids is 2. The van der Waals surface area contributed by atoms with Crippen LogP contribution in [0.15, 0.2) is 35.7 Å². The number of amides is 2. The summed E-state index contributed by atoms with van der Waals surface area (Å²) in [6, 6.07) is 10.3. The maximum atomic E-state index is 13.6. The Labute approximate surface area is 187 Å². The molecule has 31 heavy (non-hydrogen) atoms. The van der Waals surface area contributed by atoms with E-state index in [9.17, 15) is 9.59 Å². The molecule has 2 aliphatic heterocycles. The monoisotopic (exact) mass is 442 g/mol. The molecule has 1 fully saturated rings. The van der Waals surface area contributed by atoms with Crippen molar-refractivity contribution in [2.45, 2.75) is 38.3 Å². The standard InChI is InChI=1S/C24H30N2O4S/c1-17-6-3-4-8-19(17)24-20-10-13-31-21(20)9-11-26(24)22(27)15-25(23(28)16-29-2)14-18-7-5-12-30-18/h3-4,6,8,10,13,18,24H,5,7,9,11-12,14-16H2,1-2H3. The van der Waals surface area contributed by atoms with Crippen LogP contribution < -0.4 is 0 Å². The fourth-order valence-corrected chi connectivity index (χ4v) is 5.48. The molecule has 2 atom stereocenters. The molecule has 2 aromatic rings. The summed E-state index contributed by atoms with van der Waals surface area (Å²) in [6.07, 6.45) is 2.75. The normalized spacial score (nSPS) is 20.5. The third kappa shape index (κ3) is 4.84. The Morgan fingerprint density at radius 2 is 2.10 bits per heavy atom. The number of hydrogen-bond donors (Lipinski definition) is 0. The van der Waals surface area contributed by atoms with Gasteiger partial charge in [-0.15, -0.1) is 11.3 Å². The molecule has 1 saturated heterocycles. The Morgan fingerprint density at radius 1 is 1.26 bits per heavy atom. The van der Waals surface area contributed by atoms with Crippen LogP contribution in [0.5, 0.6) is 0 Å². The third-order valence-electron chi connectivity index (χ3n) is 6.16. The molecular weight excluding hydrogens is 412 g/mol. The first-order valence-corrected chi connectivity index (χ1v) is 11.8. The van der Waals surface area contributed by atoms with Gasteiger partial charge >= 0.3 is 0 Å². The minimum atomic E-state index is -0.174. The number of fused-ring (bicyclic) bond motifs is 1. The first kappa shape index (κ1) is 22.0. The molecule has 2 unspecified atom stereocenters. The Kier molecular flexibility index (Phi) is 7.05. The molecular formula is C24H30N2O4S. The molecule has 0 N–H and O–H groups in total. The quantitative estimate of drug-likeness (QED) is 0.661. The molecule has 2 amide bonds. The zero-order chi connectivity index (χ0) is 21.8. The number of benzene rings is 1. The van der Waals surface area contributed by atoms with Gasteiger partial charge in [-0.1, -0.05) is 24.3 Å². The molecule has 0 radical (unpaired) electrons. The van der Waals surface area contributed by atoms with Crippen molar-refractivity contribution in [2.75, 3.05) is 40.0 Å². The third-order valence-corrected chi connectivity index (χ3v) is 7.16. The van der Waals surface area contributed by atoms with Crippen LogP contribution in [0, 0.1) is 6.92 Å². The average molecular weight is 443 g/mol.